The molecule has 0 spiro atoms. The highest BCUT2D eigenvalue weighted by molar-refractivity contribution is 14.1. The number of methoxy groups -OCH3 is 2. The molecule has 2 heterocycles. The molecule has 5 rings (SSSR count). The number of amides is 1. The van der Waals surface area contributed by atoms with Crippen molar-refractivity contribution >= 4 is 34.3 Å². The summed E-state index contributed by atoms with van der Waals surface area (Å²) in [6, 6.07) is 25.1. The first-order chi connectivity index (χ1) is 20.7. The molecule has 3 aromatic carbocycles. The van der Waals surface area contributed by atoms with Crippen LogP contribution in [0.5, 0.6) is 11.5 Å². The van der Waals surface area contributed by atoms with Gasteiger partial charge in [0.05, 0.1) is 30.5 Å². The van der Waals surface area contributed by atoms with E-state index in [4.69, 9.17) is 18.9 Å². The first kappa shape index (κ1) is 30.7. The summed E-state index contributed by atoms with van der Waals surface area (Å²) >= 11 is 1.99. The predicted molar refractivity (Wildman–Crippen MR) is 168 cm³/mol. The van der Waals surface area contributed by atoms with Crippen LogP contribution in [-0.4, -0.2) is 53.6 Å². The summed E-state index contributed by atoms with van der Waals surface area (Å²) in [5.41, 5.74) is 0.875. The van der Waals surface area contributed by atoms with Crippen LogP contribution in [0.4, 0.5) is 5.82 Å². The van der Waals surface area contributed by atoms with E-state index in [1.54, 1.807) is 20.4 Å². The second kappa shape index (κ2) is 13.2. The van der Waals surface area contributed by atoms with Crippen molar-refractivity contribution in [2.24, 2.45) is 0 Å². The van der Waals surface area contributed by atoms with Crippen molar-refractivity contribution in [2.45, 2.75) is 37.4 Å². The molecule has 11 heteroatoms. The van der Waals surface area contributed by atoms with Crippen LogP contribution in [0, 0.1) is 3.57 Å². The monoisotopic (exact) mass is 697 g/mol. The molecular formula is C32H32IN3O7. The van der Waals surface area contributed by atoms with Crippen LogP contribution in [0.1, 0.15) is 36.3 Å². The van der Waals surface area contributed by atoms with Gasteiger partial charge < -0.3 is 29.4 Å². The van der Waals surface area contributed by atoms with Crippen molar-refractivity contribution in [3.63, 3.8) is 0 Å². The Bertz CT molecular complexity index is 1560. The van der Waals surface area contributed by atoms with Gasteiger partial charge in [0.25, 0.3) is 0 Å². The summed E-state index contributed by atoms with van der Waals surface area (Å²) in [7, 11) is 3.23. The van der Waals surface area contributed by atoms with E-state index in [1.165, 1.54) is 11.5 Å². The van der Waals surface area contributed by atoms with Gasteiger partial charge in [0.2, 0.25) is 5.91 Å². The molecule has 1 aromatic heterocycles. The van der Waals surface area contributed by atoms with E-state index < -0.39 is 29.7 Å². The average Bonchev–Trinajstić information content (AvgIpc) is 3.39. The number of benzene rings is 3. The zero-order chi connectivity index (χ0) is 30.6. The molecule has 4 aromatic rings. The number of carbonyl (C=O) groups is 1. The quantitative estimate of drug-likeness (QED) is 0.184. The van der Waals surface area contributed by atoms with Gasteiger partial charge >= 0.3 is 5.69 Å². The number of ether oxygens (including phenoxy) is 4. The highest BCUT2D eigenvalue weighted by Crippen LogP contribution is 2.42. The van der Waals surface area contributed by atoms with Gasteiger partial charge in [-0.25, -0.2) is 4.79 Å². The molecule has 0 unspecified atom stereocenters. The highest BCUT2D eigenvalue weighted by Gasteiger charge is 2.42. The van der Waals surface area contributed by atoms with E-state index in [0.29, 0.717) is 15.1 Å². The molecule has 2 N–H and O–H groups in total. The maximum Gasteiger partial charge on any atom is 0.351 e. The van der Waals surface area contributed by atoms with Crippen LogP contribution in [-0.2, 0) is 19.9 Å². The summed E-state index contributed by atoms with van der Waals surface area (Å²) in [5.74, 6) is 1.26. The fourth-order valence-corrected chi connectivity index (χ4v) is 5.78. The van der Waals surface area contributed by atoms with Gasteiger partial charge in [0, 0.05) is 19.5 Å². The fraction of sp³-hybridized carbons (Fsp3) is 0.281. The lowest BCUT2D eigenvalue weighted by atomic mass is 9.80. The molecule has 1 saturated heterocycles. The lowest BCUT2D eigenvalue weighted by Gasteiger charge is -2.37. The maximum absolute atomic E-state index is 12.8. The third-order valence-electron chi connectivity index (χ3n) is 7.35. The van der Waals surface area contributed by atoms with Gasteiger partial charge in [-0.2, -0.15) is 4.98 Å². The molecule has 1 aliphatic rings. The molecule has 0 saturated carbocycles. The van der Waals surface area contributed by atoms with Crippen molar-refractivity contribution in [1.29, 1.82) is 0 Å². The minimum atomic E-state index is -1.09. The minimum absolute atomic E-state index is 0.00780. The van der Waals surface area contributed by atoms with Gasteiger partial charge in [-0.15, -0.1) is 0 Å². The van der Waals surface area contributed by atoms with Crippen LogP contribution < -0.4 is 20.5 Å². The highest BCUT2D eigenvalue weighted by atomic mass is 127. The molecule has 43 heavy (non-hydrogen) atoms. The number of carbonyl (C=O) groups excluding carboxylic acids is 1. The number of rotatable bonds is 10. The summed E-state index contributed by atoms with van der Waals surface area (Å²) in [5, 5.41) is 13.6. The normalized spacial score (nSPS) is 18.3. The lowest BCUT2D eigenvalue weighted by Crippen LogP contribution is -2.38. The second-order valence-corrected chi connectivity index (χ2v) is 11.2. The Morgan fingerprint density at radius 3 is 2.09 bits per heavy atom. The zero-order valence-corrected chi connectivity index (χ0v) is 26.1. The molecule has 3 atom stereocenters. The fourth-order valence-electron chi connectivity index (χ4n) is 5.22. The number of hydrogen-bond donors (Lipinski definition) is 2. The van der Waals surface area contributed by atoms with Crippen molar-refractivity contribution < 1.29 is 28.8 Å². The number of nitrogens with one attached hydrogen (secondary N) is 1. The number of aliphatic hydroxyl groups excluding tert-OH is 1. The molecule has 1 amide bonds. The van der Waals surface area contributed by atoms with E-state index >= 15 is 0 Å². The topological polar surface area (TPSA) is 121 Å². The molecule has 0 aliphatic carbocycles. The van der Waals surface area contributed by atoms with E-state index in [-0.39, 0.29) is 24.8 Å². The molecule has 0 radical (unpaired) electrons. The number of nitrogens with zero attached hydrogens (tertiary/aromatic N) is 2. The van der Waals surface area contributed by atoms with E-state index in [9.17, 15) is 14.7 Å². The third-order valence-corrected chi connectivity index (χ3v) is 8.14. The van der Waals surface area contributed by atoms with Gasteiger partial charge in [-0.1, -0.05) is 54.6 Å². The Kier molecular flexibility index (Phi) is 9.45. The lowest BCUT2D eigenvalue weighted by molar-refractivity contribution is -0.114. The Morgan fingerprint density at radius 2 is 1.56 bits per heavy atom. The Morgan fingerprint density at radius 1 is 1.00 bits per heavy atom. The first-order valence-corrected chi connectivity index (χ1v) is 14.7. The van der Waals surface area contributed by atoms with Crippen LogP contribution in [0.3, 0.4) is 0 Å². The molecule has 1 fully saturated rings. The van der Waals surface area contributed by atoms with Gasteiger partial charge in [0.15, 0.2) is 5.82 Å². The Balaban J connectivity index is 1.50. The Labute approximate surface area is 262 Å². The largest absolute Gasteiger partial charge is 0.497 e. The average molecular weight is 698 g/mol. The SMILES string of the molecule is COc1ccc(C(OC[C@H]2O[C@@H](n3cc(I)c(NC(C)=O)nc3=O)C[C@@H]2O)(c2ccccc2)c2ccc(OC)cc2)cc1. The number of aromatic nitrogens is 2. The van der Waals surface area contributed by atoms with E-state index in [0.717, 1.165) is 16.7 Å². The van der Waals surface area contributed by atoms with E-state index in [1.807, 2.05) is 101 Å². The number of hydrogen-bond acceptors (Lipinski definition) is 8. The molecule has 1 aliphatic heterocycles. The second-order valence-electron chi connectivity index (χ2n) is 10.1. The minimum Gasteiger partial charge on any atom is -0.497 e. The van der Waals surface area contributed by atoms with Crippen LogP contribution in [0.15, 0.2) is 89.9 Å². The molecule has 0 bridgehead atoms. The molecular weight excluding hydrogens is 665 g/mol. The van der Waals surface area contributed by atoms with Crippen molar-refractivity contribution in [1.82, 2.24) is 9.55 Å². The number of aliphatic hydroxyl groups is 1. The van der Waals surface area contributed by atoms with Gasteiger partial charge in [0.1, 0.15) is 29.4 Å². The van der Waals surface area contributed by atoms with E-state index in [2.05, 4.69) is 10.3 Å². The smallest absolute Gasteiger partial charge is 0.351 e. The van der Waals surface area contributed by atoms with Gasteiger partial charge in [-0.05, 0) is 63.5 Å². The van der Waals surface area contributed by atoms with Crippen molar-refractivity contribution in [3.05, 3.63) is 116 Å². The van der Waals surface area contributed by atoms with Crippen LogP contribution in [0.25, 0.3) is 0 Å². The third kappa shape index (κ3) is 6.44. The summed E-state index contributed by atoms with van der Waals surface area (Å²) in [6.45, 7) is 1.35. The van der Waals surface area contributed by atoms with Crippen molar-refractivity contribution in [2.75, 3.05) is 26.1 Å². The summed E-state index contributed by atoms with van der Waals surface area (Å²) < 4.78 is 25.8. The van der Waals surface area contributed by atoms with Crippen LogP contribution in [0.2, 0.25) is 0 Å². The van der Waals surface area contributed by atoms with Gasteiger partial charge in [-0.3, -0.25) is 9.36 Å². The maximum atomic E-state index is 12.8. The summed E-state index contributed by atoms with van der Waals surface area (Å²) in [4.78, 5) is 28.3. The first-order valence-electron chi connectivity index (χ1n) is 13.6. The number of anilines is 1. The molecule has 224 valence electrons. The molecule has 10 nitrogen and oxygen atoms in total. The summed E-state index contributed by atoms with van der Waals surface area (Å²) in [6.07, 6.45) is -0.704. The standard InChI is InChI=1S/C32H32IN3O7/c1-20(37)34-30-26(33)18-36(31(39)35-30)29-17-27(38)28(43-29)19-42-32(21-7-5-4-6-8-21,22-9-13-24(40-2)14-10-22)23-11-15-25(41-3)16-12-23/h4-16,18,27-29,38H,17,19H2,1-3H3,(H,34,35,37,39)/t27-,28+,29+/m0/s1. The number of halogens is 1. The Hall–Kier alpha value is -3.78. The predicted octanol–water partition coefficient (Wildman–Crippen LogP) is 4.48. The van der Waals surface area contributed by atoms with Crippen LogP contribution >= 0.6 is 22.6 Å². The van der Waals surface area contributed by atoms with Crippen molar-refractivity contribution in [3.8, 4) is 11.5 Å². The zero-order valence-electron chi connectivity index (χ0n) is 23.9.